The van der Waals surface area contributed by atoms with Gasteiger partial charge in [0.05, 0.1) is 5.60 Å². The minimum atomic E-state index is -0.0661. The summed E-state index contributed by atoms with van der Waals surface area (Å²) in [5, 5.41) is 3.38. The standard InChI is InChI=1S/C13H18N2OS/c1-13(7-4-8-16-13)9-15-11-6-3-2-5-10(11)12(14)17/h2-3,5-6,15H,4,7-9H2,1H3,(H2,14,17). The largest absolute Gasteiger partial charge is 0.389 e. The topological polar surface area (TPSA) is 47.3 Å². The van der Waals surface area contributed by atoms with Gasteiger partial charge in [0, 0.05) is 24.4 Å². The highest BCUT2D eigenvalue weighted by Crippen LogP contribution is 2.26. The lowest BCUT2D eigenvalue weighted by Crippen LogP contribution is -2.33. The number of nitrogens with two attached hydrogens (primary N) is 1. The molecule has 1 aromatic carbocycles. The molecule has 0 saturated carbocycles. The van der Waals surface area contributed by atoms with Crippen LogP contribution >= 0.6 is 12.2 Å². The molecule has 0 bridgehead atoms. The van der Waals surface area contributed by atoms with E-state index in [-0.39, 0.29) is 5.60 Å². The fourth-order valence-electron chi connectivity index (χ4n) is 2.11. The normalized spacial score (nSPS) is 23.6. The average Bonchev–Trinajstić information content (AvgIpc) is 2.74. The van der Waals surface area contributed by atoms with Crippen LogP contribution in [0, 0.1) is 0 Å². The van der Waals surface area contributed by atoms with Crippen molar-refractivity contribution in [2.75, 3.05) is 18.5 Å². The van der Waals surface area contributed by atoms with Crippen molar-refractivity contribution in [1.29, 1.82) is 0 Å². The fraction of sp³-hybridized carbons (Fsp3) is 0.462. The van der Waals surface area contributed by atoms with Crippen LogP contribution in [0.1, 0.15) is 25.3 Å². The van der Waals surface area contributed by atoms with Crippen LogP contribution in [-0.4, -0.2) is 23.7 Å². The molecule has 2 rings (SSSR count). The first-order chi connectivity index (χ1) is 8.11. The summed E-state index contributed by atoms with van der Waals surface area (Å²) < 4.78 is 5.74. The SMILES string of the molecule is CC1(CNc2ccccc2C(N)=S)CCCO1. The lowest BCUT2D eigenvalue weighted by molar-refractivity contribution is 0.0315. The van der Waals surface area contributed by atoms with Gasteiger partial charge in [-0.2, -0.15) is 0 Å². The molecule has 1 aromatic rings. The maximum Gasteiger partial charge on any atom is 0.106 e. The van der Waals surface area contributed by atoms with Crippen LogP contribution in [0.25, 0.3) is 0 Å². The molecule has 1 atom stereocenters. The van der Waals surface area contributed by atoms with E-state index in [2.05, 4.69) is 12.2 Å². The zero-order valence-corrected chi connectivity index (χ0v) is 10.8. The Kier molecular flexibility index (Phi) is 3.64. The highest BCUT2D eigenvalue weighted by molar-refractivity contribution is 7.80. The van der Waals surface area contributed by atoms with Crippen LogP contribution in [0.3, 0.4) is 0 Å². The third kappa shape index (κ3) is 2.96. The summed E-state index contributed by atoms with van der Waals surface area (Å²) in [5.41, 5.74) is 7.50. The van der Waals surface area contributed by atoms with Crippen LogP contribution in [0.5, 0.6) is 0 Å². The molecule has 92 valence electrons. The van der Waals surface area contributed by atoms with Gasteiger partial charge in [-0.3, -0.25) is 0 Å². The van der Waals surface area contributed by atoms with Crippen LogP contribution < -0.4 is 11.1 Å². The Labute approximate surface area is 107 Å². The number of para-hydroxylation sites is 1. The molecule has 1 unspecified atom stereocenters. The number of anilines is 1. The second kappa shape index (κ2) is 5.02. The first kappa shape index (κ1) is 12.3. The summed E-state index contributed by atoms with van der Waals surface area (Å²) in [4.78, 5) is 0.422. The Morgan fingerprint density at radius 3 is 2.94 bits per heavy atom. The molecule has 0 spiro atoms. The Morgan fingerprint density at radius 1 is 1.53 bits per heavy atom. The summed E-state index contributed by atoms with van der Waals surface area (Å²) in [7, 11) is 0. The van der Waals surface area contributed by atoms with Gasteiger partial charge in [-0.05, 0) is 31.9 Å². The van der Waals surface area contributed by atoms with Gasteiger partial charge in [0.25, 0.3) is 0 Å². The maximum atomic E-state index is 5.74. The van der Waals surface area contributed by atoms with Crippen molar-refractivity contribution in [1.82, 2.24) is 0 Å². The molecule has 0 amide bonds. The van der Waals surface area contributed by atoms with E-state index in [0.717, 1.165) is 37.2 Å². The summed E-state index contributed by atoms with van der Waals surface area (Å²) in [6, 6.07) is 7.84. The third-order valence-corrected chi connectivity index (χ3v) is 3.37. The van der Waals surface area contributed by atoms with Gasteiger partial charge >= 0.3 is 0 Å². The predicted molar refractivity (Wildman–Crippen MR) is 74.4 cm³/mol. The van der Waals surface area contributed by atoms with E-state index in [9.17, 15) is 0 Å². The number of rotatable bonds is 4. The zero-order valence-electron chi connectivity index (χ0n) is 10.0. The average molecular weight is 250 g/mol. The van der Waals surface area contributed by atoms with Crippen molar-refractivity contribution in [3.8, 4) is 0 Å². The maximum absolute atomic E-state index is 5.74. The molecule has 1 heterocycles. The van der Waals surface area contributed by atoms with Gasteiger partial charge in [0.2, 0.25) is 0 Å². The Hall–Kier alpha value is -1.13. The first-order valence-electron chi connectivity index (χ1n) is 5.87. The molecule has 1 aliphatic rings. The lowest BCUT2D eigenvalue weighted by Gasteiger charge is -2.24. The monoisotopic (exact) mass is 250 g/mol. The van der Waals surface area contributed by atoms with Gasteiger partial charge in [0.15, 0.2) is 0 Å². The van der Waals surface area contributed by atoms with E-state index in [1.165, 1.54) is 0 Å². The van der Waals surface area contributed by atoms with E-state index in [1.54, 1.807) is 0 Å². The molecule has 17 heavy (non-hydrogen) atoms. The fourth-order valence-corrected chi connectivity index (χ4v) is 2.29. The minimum Gasteiger partial charge on any atom is -0.389 e. The Morgan fingerprint density at radius 2 is 2.29 bits per heavy atom. The van der Waals surface area contributed by atoms with E-state index < -0.39 is 0 Å². The first-order valence-corrected chi connectivity index (χ1v) is 6.28. The second-order valence-corrected chi connectivity index (χ2v) is 5.11. The molecular weight excluding hydrogens is 232 g/mol. The molecule has 0 aromatic heterocycles. The van der Waals surface area contributed by atoms with Crippen LogP contribution in [0.15, 0.2) is 24.3 Å². The molecule has 3 nitrogen and oxygen atoms in total. The molecule has 1 fully saturated rings. The van der Waals surface area contributed by atoms with E-state index >= 15 is 0 Å². The van der Waals surface area contributed by atoms with Crippen molar-refractivity contribution in [2.45, 2.75) is 25.4 Å². The van der Waals surface area contributed by atoms with Crippen molar-refractivity contribution >= 4 is 22.9 Å². The molecule has 1 aliphatic heterocycles. The number of thiocarbonyl (C=S) groups is 1. The van der Waals surface area contributed by atoms with Gasteiger partial charge in [-0.15, -0.1) is 0 Å². The number of nitrogens with one attached hydrogen (secondary N) is 1. The van der Waals surface area contributed by atoms with Gasteiger partial charge in [0.1, 0.15) is 4.99 Å². The highest BCUT2D eigenvalue weighted by atomic mass is 32.1. The third-order valence-electron chi connectivity index (χ3n) is 3.15. The van der Waals surface area contributed by atoms with Gasteiger partial charge < -0.3 is 15.8 Å². The molecule has 1 saturated heterocycles. The van der Waals surface area contributed by atoms with Crippen LogP contribution in [0.2, 0.25) is 0 Å². The zero-order chi connectivity index (χ0) is 12.3. The number of hydrogen-bond acceptors (Lipinski definition) is 3. The van der Waals surface area contributed by atoms with Gasteiger partial charge in [-0.25, -0.2) is 0 Å². The molecule has 0 radical (unpaired) electrons. The van der Waals surface area contributed by atoms with Crippen molar-refractivity contribution < 1.29 is 4.74 Å². The quantitative estimate of drug-likeness (QED) is 0.805. The van der Waals surface area contributed by atoms with E-state index in [4.69, 9.17) is 22.7 Å². The summed E-state index contributed by atoms with van der Waals surface area (Å²) in [5.74, 6) is 0. The molecule has 4 heteroatoms. The second-order valence-electron chi connectivity index (χ2n) is 4.67. The molecule has 0 aliphatic carbocycles. The lowest BCUT2D eigenvalue weighted by atomic mass is 10.0. The van der Waals surface area contributed by atoms with Crippen molar-refractivity contribution in [2.24, 2.45) is 5.73 Å². The van der Waals surface area contributed by atoms with Crippen LogP contribution in [-0.2, 0) is 4.74 Å². The van der Waals surface area contributed by atoms with Crippen molar-refractivity contribution in [3.05, 3.63) is 29.8 Å². The van der Waals surface area contributed by atoms with Gasteiger partial charge in [-0.1, -0.05) is 24.4 Å². The molecular formula is C13H18N2OS. The van der Waals surface area contributed by atoms with E-state index in [1.807, 2.05) is 24.3 Å². The van der Waals surface area contributed by atoms with Crippen molar-refractivity contribution in [3.63, 3.8) is 0 Å². The number of hydrogen-bond donors (Lipinski definition) is 2. The molecule has 3 N–H and O–H groups in total. The van der Waals surface area contributed by atoms with Crippen LogP contribution in [0.4, 0.5) is 5.69 Å². The summed E-state index contributed by atoms with van der Waals surface area (Å²) in [6.07, 6.45) is 2.23. The highest BCUT2D eigenvalue weighted by Gasteiger charge is 2.29. The summed E-state index contributed by atoms with van der Waals surface area (Å²) in [6.45, 7) is 3.78. The summed E-state index contributed by atoms with van der Waals surface area (Å²) >= 11 is 5.03. The van der Waals surface area contributed by atoms with E-state index in [0.29, 0.717) is 4.99 Å². The predicted octanol–water partition coefficient (Wildman–Crippen LogP) is 2.30. The Bertz CT molecular complexity index is 414. The smallest absolute Gasteiger partial charge is 0.106 e. The number of benzene rings is 1. The minimum absolute atomic E-state index is 0.0661. The Balaban J connectivity index is 2.06. The number of ether oxygens (including phenoxy) is 1.